The Hall–Kier alpha value is -2.84. The van der Waals surface area contributed by atoms with Gasteiger partial charge in [-0.25, -0.2) is 9.31 Å². The summed E-state index contributed by atoms with van der Waals surface area (Å²) in [5.74, 6) is -0.0156. The first kappa shape index (κ1) is 20.4. The monoisotopic (exact) mass is 415 g/mol. The summed E-state index contributed by atoms with van der Waals surface area (Å²) in [7, 11) is 0. The molecule has 9 heteroatoms. The van der Waals surface area contributed by atoms with Crippen LogP contribution in [0.2, 0.25) is 0 Å². The molecular formula is C21H29N5O4. The summed E-state index contributed by atoms with van der Waals surface area (Å²) in [5.41, 5.74) is 0.882. The van der Waals surface area contributed by atoms with Crippen LogP contribution in [0.4, 0.5) is 4.79 Å². The highest BCUT2D eigenvalue weighted by molar-refractivity contribution is 5.99. The number of likely N-dealkylation sites (tertiary alicyclic amines) is 2. The van der Waals surface area contributed by atoms with Crippen LogP contribution in [0.5, 0.6) is 0 Å². The van der Waals surface area contributed by atoms with Gasteiger partial charge in [0.05, 0.1) is 11.9 Å². The van der Waals surface area contributed by atoms with E-state index in [1.807, 2.05) is 20.8 Å². The second-order valence-electron chi connectivity index (χ2n) is 9.12. The Bertz CT molecular complexity index is 1000. The van der Waals surface area contributed by atoms with Gasteiger partial charge in [-0.1, -0.05) is 0 Å². The topological polar surface area (TPSA) is 100 Å². The number of hydrogen-bond donors (Lipinski definition) is 1. The van der Waals surface area contributed by atoms with E-state index < -0.39 is 5.60 Å². The van der Waals surface area contributed by atoms with Crippen LogP contribution in [-0.4, -0.2) is 68.2 Å². The Morgan fingerprint density at radius 1 is 1.10 bits per heavy atom. The van der Waals surface area contributed by atoms with Crippen LogP contribution in [-0.2, 0) is 4.74 Å². The van der Waals surface area contributed by atoms with E-state index in [1.165, 1.54) is 0 Å². The van der Waals surface area contributed by atoms with Gasteiger partial charge in [0, 0.05) is 38.2 Å². The van der Waals surface area contributed by atoms with Crippen molar-refractivity contribution in [1.29, 1.82) is 0 Å². The number of carbonyl (C=O) groups is 2. The van der Waals surface area contributed by atoms with E-state index in [0.29, 0.717) is 37.1 Å². The van der Waals surface area contributed by atoms with E-state index in [9.17, 15) is 14.4 Å². The third kappa shape index (κ3) is 4.06. The molecular weight excluding hydrogens is 386 g/mol. The number of aromatic amines is 1. The van der Waals surface area contributed by atoms with Crippen molar-refractivity contribution in [1.82, 2.24) is 24.4 Å². The lowest BCUT2D eigenvalue weighted by Crippen LogP contribution is -2.41. The molecule has 4 heterocycles. The first-order valence-corrected chi connectivity index (χ1v) is 10.6. The van der Waals surface area contributed by atoms with Gasteiger partial charge in [0.15, 0.2) is 0 Å². The number of aromatic nitrogens is 3. The molecule has 0 atom stereocenters. The molecule has 9 nitrogen and oxygen atoms in total. The van der Waals surface area contributed by atoms with Crippen molar-refractivity contribution >= 4 is 17.6 Å². The molecule has 30 heavy (non-hydrogen) atoms. The lowest BCUT2D eigenvalue weighted by atomic mass is 9.93. The predicted octanol–water partition coefficient (Wildman–Crippen LogP) is 2.37. The second-order valence-corrected chi connectivity index (χ2v) is 9.12. The summed E-state index contributed by atoms with van der Waals surface area (Å²) in [5, 5.41) is 4.42. The van der Waals surface area contributed by atoms with Gasteiger partial charge in [0.1, 0.15) is 16.8 Å². The van der Waals surface area contributed by atoms with Gasteiger partial charge < -0.3 is 19.5 Å². The van der Waals surface area contributed by atoms with Crippen LogP contribution in [0.3, 0.4) is 0 Å². The first-order valence-electron chi connectivity index (χ1n) is 10.6. The number of fused-ring (bicyclic) bond motifs is 1. The van der Waals surface area contributed by atoms with Crippen LogP contribution in [0.1, 0.15) is 68.4 Å². The minimum Gasteiger partial charge on any atom is -0.444 e. The fourth-order valence-corrected chi connectivity index (χ4v) is 4.23. The van der Waals surface area contributed by atoms with Gasteiger partial charge in [-0.05, 0) is 46.5 Å². The molecule has 2 aliphatic rings. The van der Waals surface area contributed by atoms with Crippen molar-refractivity contribution in [2.45, 2.75) is 58.0 Å². The maximum Gasteiger partial charge on any atom is 0.410 e. The number of nitrogens with zero attached hydrogens (tertiary/aromatic N) is 4. The van der Waals surface area contributed by atoms with E-state index in [1.54, 1.807) is 26.6 Å². The number of carbonyl (C=O) groups excluding carboxylic acids is 2. The van der Waals surface area contributed by atoms with Gasteiger partial charge in [0.2, 0.25) is 0 Å². The molecule has 2 saturated heterocycles. The lowest BCUT2D eigenvalue weighted by Gasteiger charge is -2.33. The number of nitrogens with one attached hydrogen (secondary N) is 1. The average molecular weight is 415 g/mol. The largest absolute Gasteiger partial charge is 0.444 e. The highest BCUT2D eigenvalue weighted by Crippen LogP contribution is 2.29. The summed E-state index contributed by atoms with van der Waals surface area (Å²) in [6.45, 7) is 8.13. The van der Waals surface area contributed by atoms with Crippen molar-refractivity contribution in [3.63, 3.8) is 0 Å². The molecule has 0 aromatic carbocycles. The molecule has 0 saturated carbocycles. The zero-order valence-electron chi connectivity index (χ0n) is 17.8. The highest BCUT2D eigenvalue weighted by atomic mass is 16.6. The predicted molar refractivity (Wildman–Crippen MR) is 111 cm³/mol. The van der Waals surface area contributed by atoms with Gasteiger partial charge >= 0.3 is 6.09 Å². The normalized spacial score (nSPS) is 18.2. The molecule has 2 amide bonds. The summed E-state index contributed by atoms with van der Waals surface area (Å²) in [6.07, 6.45) is 4.65. The highest BCUT2D eigenvalue weighted by Gasteiger charge is 2.30. The molecule has 2 aromatic heterocycles. The van der Waals surface area contributed by atoms with Crippen molar-refractivity contribution in [3.8, 4) is 0 Å². The van der Waals surface area contributed by atoms with Crippen LogP contribution in [0.15, 0.2) is 17.1 Å². The minimum absolute atomic E-state index is 0.0723. The van der Waals surface area contributed by atoms with Crippen LogP contribution in [0, 0.1) is 0 Å². The summed E-state index contributed by atoms with van der Waals surface area (Å²) >= 11 is 0. The Labute approximate surface area is 175 Å². The standard InChI is InChI=1S/C21H29N5O4/c1-21(2,3)30-20(29)25-10-6-14(7-11-25)16-12-17(27)23-18-15(13-22-26(16)18)19(28)24-8-4-5-9-24/h12-14H,4-11H2,1-3H3,(H,23,27). The zero-order valence-corrected chi connectivity index (χ0v) is 17.8. The molecule has 162 valence electrons. The van der Waals surface area contributed by atoms with Crippen LogP contribution < -0.4 is 5.56 Å². The van der Waals surface area contributed by atoms with E-state index in [0.717, 1.165) is 31.6 Å². The molecule has 0 bridgehead atoms. The smallest absolute Gasteiger partial charge is 0.410 e. The minimum atomic E-state index is -0.528. The molecule has 0 unspecified atom stereocenters. The molecule has 2 fully saturated rings. The quantitative estimate of drug-likeness (QED) is 0.812. The van der Waals surface area contributed by atoms with E-state index in [-0.39, 0.29) is 23.5 Å². The second kappa shape index (κ2) is 7.77. The number of H-pyrrole nitrogens is 1. The van der Waals surface area contributed by atoms with Crippen molar-refractivity contribution in [3.05, 3.63) is 33.9 Å². The molecule has 4 rings (SSSR count). The molecule has 0 spiro atoms. The Balaban J connectivity index is 1.55. The summed E-state index contributed by atoms with van der Waals surface area (Å²) in [6, 6.07) is 1.55. The maximum absolute atomic E-state index is 12.8. The number of amides is 2. The van der Waals surface area contributed by atoms with Gasteiger partial charge in [0.25, 0.3) is 11.5 Å². The lowest BCUT2D eigenvalue weighted by molar-refractivity contribution is 0.0203. The number of hydrogen-bond acceptors (Lipinski definition) is 5. The Morgan fingerprint density at radius 2 is 1.77 bits per heavy atom. The Kier molecular flexibility index (Phi) is 5.29. The zero-order chi connectivity index (χ0) is 21.5. The van der Waals surface area contributed by atoms with Crippen LogP contribution in [0.25, 0.3) is 5.65 Å². The number of piperidine rings is 1. The fourth-order valence-electron chi connectivity index (χ4n) is 4.23. The molecule has 0 radical (unpaired) electrons. The molecule has 2 aliphatic heterocycles. The summed E-state index contributed by atoms with van der Waals surface area (Å²) in [4.78, 5) is 43.8. The summed E-state index contributed by atoms with van der Waals surface area (Å²) < 4.78 is 7.14. The first-order chi connectivity index (χ1) is 14.2. The van der Waals surface area contributed by atoms with Crippen molar-refractivity contribution in [2.24, 2.45) is 0 Å². The van der Waals surface area contributed by atoms with Crippen LogP contribution >= 0.6 is 0 Å². The number of rotatable bonds is 2. The third-order valence-corrected chi connectivity index (χ3v) is 5.72. The average Bonchev–Trinajstić information content (AvgIpc) is 3.36. The third-order valence-electron chi connectivity index (χ3n) is 5.72. The maximum atomic E-state index is 12.8. The van der Waals surface area contributed by atoms with Gasteiger partial charge in [-0.15, -0.1) is 0 Å². The van der Waals surface area contributed by atoms with Gasteiger partial charge in [-0.3, -0.25) is 9.59 Å². The van der Waals surface area contributed by atoms with Crippen molar-refractivity contribution < 1.29 is 14.3 Å². The molecule has 1 N–H and O–H groups in total. The molecule has 2 aromatic rings. The SMILES string of the molecule is CC(C)(C)OC(=O)N1CCC(c2cc(=O)[nH]c3c(C(=O)N4CCCC4)cnn23)CC1. The fraction of sp³-hybridized carbons (Fsp3) is 0.619. The Morgan fingerprint density at radius 3 is 2.40 bits per heavy atom. The molecule has 0 aliphatic carbocycles. The van der Waals surface area contributed by atoms with E-state index >= 15 is 0 Å². The van der Waals surface area contributed by atoms with E-state index in [2.05, 4.69) is 10.1 Å². The van der Waals surface area contributed by atoms with E-state index in [4.69, 9.17) is 4.74 Å². The van der Waals surface area contributed by atoms with Gasteiger partial charge in [-0.2, -0.15) is 5.10 Å². The van der Waals surface area contributed by atoms with Crippen molar-refractivity contribution in [2.75, 3.05) is 26.2 Å². The number of ether oxygens (including phenoxy) is 1.